The number of nitrogens with two attached hydrogens (primary N) is 1. The molecule has 1 aliphatic carbocycles. The molecule has 1 fully saturated rings. The summed E-state index contributed by atoms with van der Waals surface area (Å²) in [6, 6.07) is 7.68. The molecule has 1 aromatic carbocycles. The first-order valence-electron chi connectivity index (χ1n) is 7.95. The molecule has 3 rings (SSSR count). The summed E-state index contributed by atoms with van der Waals surface area (Å²) < 4.78 is 0. The Bertz CT molecular complexity index is 776. The summed E-state index contributed by atoms with van der Waals surface area (Å²) in [6.07, 6.45) is 4.78. The van der Waals surface area contributed by atoms with Crippen LogP contribution in [0.5, 0.6) is 0 Å². The van der Waals surface area contributed by atoms with Crippen molar-refractivity contribution in [2.75, 3.05) is 11.1 Å². The molecule has 1 saturated carbocycles. The summed E-state index contributed by atoms with van der Waals surface area (Å²) in [5, 5.41) is 13.6. The summed E-state index contributed by atoms with van der Waals surface area (Å²) in [4.78, 5) is 8.31. The molecule has 0 atom stereocenters. The molecule has 6 heteroatoms. The minimum atomic E-state index is -0.196. The van der Waals surface area contributed by atoms with Crippen LogP contribution in [0.1, 0.15) is 36.8 Å². The number of aliphatic hydroxyl groups excluding tert-OH is 1. The number of rotatable bonds is 2. The first-order valence-corrected chi connectivity index (χ1v) is 8.33. The van der Waals surface area contributed by atoms with Gasteiger partial charge in [0.15, 0.2) is 0 Å². The fourth-order valence-corrected chi connectivity index (χ4v) is 2.89. The number of nitrogen functional groups attached to an aromatic ring is 1. The number of nitrogens with zero attached hydrogens (tertiary/aromatic N) is 2. The zero-order valence-corrected chi connectivity index (χ0v) is 13.9. The molecule has 24 heavy (non-hydrogen) atoms. The van der Waals surface area contributed by atoms with E-state index in [0.29, 0.717) is 16.4 Å². The van der Waals surface area contributed by atoms with Crippen LogP contribution in [0, 0.1) is 11.8 Å². The molecule has 1 heterocycles. The molecule has 0 bridgehead atoms. The second-order valence-electron chi connectivity index (χ2n) is 5.87. The summed E-state index contributed by atoms with van der Waals surface area (Å²) >= 11 is 6.13. The van der Waals surface area contributed by atoms with E-state index >= 15 is 0 Å². The highest BCUT2D eigenvalue weighted by Gasteiger charge is 2.20. The van der Waals surface area contributed by atoms with Crippen molar-refractivity contribution in [3.8, 4) is 11.8 Å². The van der Waals surface area contributed by atoms with Crippen LogP contribution in [-0.2, 0) is 0 Å². The highest BCUT2D eigenvalue weighted by atomic mass is 35.5. The maximum atomic E-state index is 9.62. The van der Waals surface area contributed by atoms with E-state index in [1.807, 2.05) is 18.2 Å². The Morgan fingerprint density at radius 1 is 1.12 bits per heavy atom. The van der Waals surface area contributed by atoms with Gasteiger partial charge in [0, 0.05) is 11.6 Å². The molecular weight excluding hydrogens is 324 g/mol. The molecule has 0 unspecified atom stereocenters. The average molecular weight is 343 g/mol. The van der Waals surface area contributed by atoms with E-state index in [1.165, 1.54) is 0 Å². The second-order valence-corrected chi connectivity index (χ2v) is 6.28. The maximum absolute atomic E-state index is 9.62. The van der Waals surface area contributed by atoms with Crippen LogP contribution in [-0.4, -0.2) is 27.2 Å². The zero-order valence-electron chi connectivity index (χ0n) is 13.2. The summed E-state index contributed by atoms with van der Waals surface area (Å²) in [6.45, 7) is 0. The van der Waals surface area contributed by atoms with E-state index in [-0.39, 0.29) is 18.1 Å². The monoisotopic (exact) mass is 342 g/mol. The molecule has 0 aliphatic heterocycles. The maximum Gasteiger partial charge on any atom is 0.222 e. The molecule has 0 spiro atoms. The normalized spacial score (nSPS) is 20.1. The fourth-order valence-electron chi connectivity index (χ4n) is 2.71. The first kappa shape index (κ1) is 16.6. The summed E-state index contributed by atoms with van der Waals surface area (Å²) in [7, 11) is 0. The fraction of sp³-hybridized carbons (Fsp3) is 0.333. The van der Waals surface area contributed by atoms with Crippen molar-refractivity contribution in [3.05, 3.63) is 46.6 Å². The SMILES string of the molecule is Nc1ncc(C#Cc2ccccc2Cl)c(NC2CCC(O)CC2)n1. The van der Waals surface area contributed by atoms with Crippen molar-refractivity contribution in [2.45, 2.75) is 37.8 Å². The van der Waals surface area contributed by atoms with Crippen molar-refractivity contribution >= 4 is 23.4 Å². The number of nitrogens with one attached hydrogen (secondary N) is 1. The number of aliphatic hydroxyl groups is 1. The van der Waals surface area contributed by atoms with E-state index in [2.05, 4.69) is 27.1 Å². The van der Waals surface area contributed by atoms with Gasteiger partial charge in [-0.2, -0.15) is 4.98 Å². The van der Waals surface area contributed by atoms with E-state index < -0.39 is 0 Å². The molecule has 1 aliphatic rings. The molecule has 1 aromatic heterocycles. The first-order chi connectivity index (χ1) is 11.6. The summed E-state index contributed by atoms with van der Waals surface area (Å²) in [5.74, 6) is 6.95. The van der Waals surface area contributed by atoms with Crippen LogP contribution < -0.4 is 11.1 Å². The minimum absolute atomic E-state index is 0.196. The number of hydrogen-bond donors (Lipinski definition) is 3. The van der Waals surface area contributed by atoms with Crippen molar-refractivity contribution < 1.29 is 5.11 Å². The molecule has 5 nitrogen and oxygen atoms in total. The van der Waals surface area contributed by atoms with E-state index in [0.717, 1.165) is 31.2 Å². The average Bonchev–Trinajstić information content (AvgIpc) is 2.58. The van der Waals surface area contributed by atoms with Crippen molar-refractivity contribution in [2.24, 2.45) is 0 Å². The Morgan fingerprint density at radius 3 is 2.58 bits per heavy atom. The Morgan fingerprint density at radius 2 is 1.83 bits per heavy atom. The van der Waals surface area contributed by atoms with Gasteiger partial charge in [-0.25, -0.2) is 4.98 Å². The van der Waals surface area contributed by atoms with Crippen molar-refractivity contribution in [3.63, 3.8) is 0 Å². The molecule has 0 radical (unpaired) electrons. The van der Waals surface area contributed by atoms with Crippen LogP contribution in [0.25, 0.3) is 0 Å². The van der Waals surface area contributed by atoms with Crippen LogP contribution in [0.4, 0.5) is 11.8 Å². The standard InChI is InChI=1S/C18H19ClN4O/c19-16-4-2-1-3-12(16)5-6-13-11-21-18(20)23-17(13)22-14-7-9-15(24)10-8-14/h1-4,11,14-15,24H,7-10H2,(H3,20,21,22,23). The highest BCUT2D eigenvalue weighted by Crippen LogP contribution is 2.23. The lowest BCUT2D eigenvalue weighted by molar-refractivity contribution is 0.126. The van der Waals surface area contributed by atoms with Crippen LogP contribution in [0.15, 0.2) is 30.5 Å². The van der Waals surface area contributed by atoms with Crippen LogP contribution in [0.2, 0.25) is 5.02 Å². The van der Waals surface area contributed by atoms with Gasteiger partial charge in [0.1, 0.15) is 5.82 Å². The van der Waals surface area contributed by atoms with E-state index in [4.69, 9.17) is 17.3 Å². The van der Waals surface area contributed by atoms with Gasteiger partial charge in [-0.05, 0) is 37.8 Å². The molecular formula is C18H19ClN4O. The zero-order chi connectivity index (χ0) is 16.9. The number of anilines is 2. The van der Waals surface area contributed by atoms with Gasteiger partial charge >= 0.3 is 0 Å². The third kappa shape index (κ3) is 4.16. The highest BCUT2D eigenvalue weighted by molar-refractivity contribution is 6.31. The molecule has 124 valence electrons. The lowest BCUT2D eigenvalue weighted by Crippen LogP contribution is -2.29. The Kier molecular flexibility index (Phi) is 5.19. The van der Waals surface area contributed by atoms with Gasteiger partial charge in [-0.15, -0.1) is 0 Å². The van der Waals surface area contributed by atoms with E-state index in [9.17, 15) is 5.11 Å². The largest absolute Gasteiger partial charge is 0.393 e. The minimum Gasteiger partial charge on any atom is -0.393 e. The number of halogens is 1. The Hall–Kier alpha value is -2.29. The van der Waals surface area contributed by atoms with Gasteiger partial charge in [0.2, 0.25) is 5.95 Å². The third-order valence-electron chi connectivity index (χ3n) is 4.05. The lowest BCUT2D eigenvalue weighted by atomic mass is 9.93. The van der Waals surface area contributed by atoms with Gasteiger partial charge in [-0.1, -0.05) is 35.6 Å². The Balaban J connectivity index is 1.83. The lowest BCUT2D eigenvalue weighted by Gasteiger charge is -2.26. The van der Waals surface area contributed by atoms with Gasteiger partial charge in [0.25, 0.3) is 0 Å². The quantitative estimate of drug-likeness (QED) is 0.731. The number of hydrogen-bond acceptors (Lipinski definition) is 5. The number of benzene rings is 1. The van der Waals surface area contributed by atoms with Crippen molar-refractivity contribution in [1.82, 2.24) is 9.97 Å². The van der Waals surface area contributed by atoms with Gasteiger partial charge in [0.05, 0.1) is 22.9 Å². The van der Waals surface area contributed by atoms with Crippen molar-refractivity contribution in [1.29, 1.82) is 0 Å². The number of aromatic nitrogens is 2. The predicted octanol–water partition coefficient (Wildman–Crippen LogP) is 2.83. The van der Waals surface area contributed by atoms with Gasteiger partial charge < -0.3 is 16.2 Å². The topological polar surface area (TPSA) is 84.1 Å². The Labute approximate surface area is 146 Å². The third-order valence-corrected chi connectivity index (χ3v) is 4.38. The second kappa shape index (κ2) is 7.52. The summed E-state index contributed by atoms with van der Waals surface area (Å²) in [5.41, 5.74) is 7.14. The van der Waals surface area contributed by atoms with Crippen LogP contribution >= 0.6 is 11.6 Å². The van der Waals surface area contributed by atoms with Gasteiger partial charge in [-0.3, -0.25) is 0 Å². The van der Waals surface area contributed by atoms with Crippen LogP contribution in [0.3, 0.4) is 0 Å². The molecule has 4 N–H and O–H groups in total. The predicted molar refractivity (Wildman–Crippen MR) is 95.8 cm³/mol. The molecule has 2 aromatic rings. The molecule has 0 saturated heterocycles. The molecule has 0 amide bonds. The smallest absolute Gasteiger partial charge is 0.222 e. The van der Waals surface area contributed by atoms with E-state index in [1.54, 1.807) is 12.3 Å².